The van der Waals surface area contributed by atoms with Crippen molar-refractivity contribution in [2.75, 3.05) is 0 Å². The van der Waals surface area contributed by atoms with Gasteiger partial charge in [0.15, 0.2) is 0 Å². The zero-order chi connectivity index (χ0) is 16.9. The molecule has 1 atom stereocenters. The number of nitrogens with zero attached hydrogens (tertiary/aromatic N) is 1. The van der Waals surface area contributed by atoms with E-state index in [0.717, 1.165) is 35.2 Å². The molecule has 24 heavy (non-hydrogen) atoms. The van der Waals surface area contributed by atoms with E-state index in [4.69, 9.17) is 4.74 Å². The molecule has 1 aliphatic rings. The molecule has 2 aromatic carbocycles. The normalized spacial score (nSPS) is 19.8. The van der Waals surface area contributed by atoms with E-state index in [9.17, 15) is 4.79 Å². The summed E-state index contributed by atoms with van der Waals surface area (Å²) in [6.07, 6.45) is 1.68. The van der Waals surface area contributed by atoms with E-state index in [1.807, 2.05) is 34.9 Å². The Balaban J connectivity index is 1.92. The molecule has 2 heterocycles. The Morgan fingerprint density at radius 3 is 2.62 bits per heavy atom. The summed E-state index contributed by atoms with van der Waals surface area (Å²) in [5.74, 6) is 0.901. The van der Waals surface area contributed by atoms with Crippen molar-refractivity contribution in [2.24, 2.45) is 0 Å². The van der Waals surface area contributed by atoms with E-state index < -0.39 is 0 Å². The fourth-order valence-electron chi connectivity index (χ4n) is 3.76. The topological polar surface area (TPSA) is 31.2 Å². The molecule has 1 unspecified atom stereocenters. The maximum Gasteiger partial charge on any atom is 0.228 e. The van der Waals surface area contributed by atoms with Gasteiger partial charge in [0.05, 0.1) is 11.2 Å². The van der Waals surface area contributed by atoms with Crippen molar-refractivity contribution in [3.05, 3.63) is 65.4 Å². The highest BCUT2D eigenvalue weighted by Gasteiger charge is 2.37. The Hall–Kier alpha value is -2.55. The van der Waals surface area contributed by atoms with Crippen LogP contribution in [-0.2, 0) is 12.0 Å². The monoisotopic (exact) mass is 319 g/mol. The first-order valence-corrected chi connectivity index (χ1v) is 8.39. The molecule has 0 spiro atoms. The first kappa shape index (κ1) is 15.0. The summed E-state index contributed by atoms with van der Waals surface area (Å²) in [4.78, 5) is 12.2. The third-order valence-electron chi connectivity index (χ3n) is 5.04. The summed E-state index contributed by atoms with van der Waals surface area (Å²) < 4.78 is 8.35. The van der Waals surface area contributed by atoms with Crippen LogP contribution in [0.2, 0.25) is 0 Å². The smallest absolute Gasteiger partial charge is 0.228 e. The number of ether oxygens (including phenoxy) is 1. The van der Waals surface area contributed by atoms with Gasteiger partial charge < -0.3 is 4.74 Å². The van der Waals surface area contributed by atoms with Crippen LogP contribution in [0.1, 0.15) is 41.9 Å². The summed E-state index contributed by atoms with van der Waals surface area (Å²) in [7, 11) is 0. The van der Waals surface area contributed by atoms with E-state index in [1.165, 1.54) is 11.1 Å². The quantitative estimate of drug-likeness (QED) is 0.642. The average Bonchev–Trinajstić information content (AvgIpc) is 2.89. The molecule has 0 N–H and O–H groups in total. The molecule has 0 fully saturated rings. The number of aryl methyl sites for hydroxylation is 1. The highest BCUT2D eigenvalue weighted by atomic mass is 16.5. The zero-order valence-corrected chi connectivity index (χ0v) is 14.3. The molecule has 122 valence electrons. The van der Waals surface area contributed by atoms with Gasteiger partial charge in [0.2, 0.25) is 5.91 Å². The lowest BCUT2D eigenvalue weighted by atomic mass is 9.88. The minimum absolute atomic E-state index is 0.0389. The Morgan fingerprint density at radius 1 is 1.17 bits per heavy atom. The molecular formula is C21H21NO2. The summed E-state index contributed by atoms with van der Waals surface area (Å²) in [5.41, 5.74) is 3.91. The van der Waals surface area contributed by atoms with Crippen molar-refractivity contribution >= 4 is 16.8 Å². The minimum atomic E-state index is -0.367. The van der Waals surface area contributed by atoms with Crippen LogP contribution >= 0.6 is 0 Å². The van der Waals surface area contributed by atoms with Crippen LogP contribution in [0.25, 0.3) is 10.9 Å². The van der Waals surface area contributed by atoms with E-state index >= 15 is 0 Å². The molecule has 3 nitrogen and oxygen atoms in total. The SMILES string of the molecule is CC(=O)n1c2c(c3cc(C)ccc31)OC(C)(c1ccccc1)CC2. The van der Waals surface area contributed by atoms with Gasteiger partial charge in [-0.2, -0.15) is 0 Å². The van der Waals surface area contributed by atoms with Gasteiger partial charge in [-0.25, -0.2) is 0 Å². The molecule has 3 heteroatoms. The van der Waals surface area contributed by atoms with Gasteiger partial charge in [-0.05, 0) is 44.4 Å². The number of carbonyl (C=O) groups is 1. The van der Waals surface area contributed by atoms with Crippen LogP contribution in [0.3, 0.4) is 0 Å². The molecular weight excluding hydrogens is 298 g/mol. The highest BCUT2D eigenvalue weighted by molar-refractivity contribution is 5.97. The van der Waals surface area contributed by atoms with Gasteiger partial charge in [0.25, 0.3) is 0 Å². The number of hydrogen-bond acceptors (Lipinski definition) is 2. The molecule has 0 saturated heterocycles. The molecule has 0 radical (unpaired) electrons. The molecule has 0 saturated carbocycles. The standard InChI is InChI=1S/C21H21NO2/c1-14-9-10-18-17(13-14)20-19(22(18)15(2)23)11-12-21(3,24-20)16-7-5-4-6-8-16/h4-10,13H,11-12H2,1-3H3. The largest absolute Gasteiger partial charge is 0.480 e. The Labute approximate surface area is 141 Å². The number of benzene rings is 2. The molecule has 1 aromatic heterocycles. The maximum absolute atomic E-state index is 12.2. The minimum Gasteiger partial charge on any atom is -0.480 e. The van der Waals surface area contributed by atoms with E-state index in [-0.39, 0.29) is 11.5 Å². The third kappa shape index (κ3) is 2.15. The second kappa shape index (κ2) is 5.23. The van der Waals surface area contributed by atoms with Crippen molar-refractivity contribution in [3.63, 3.8) is 0 Å². The van der Waals surface area contributed by atoms with Crippen molar-refractivity contribution in [1.29, 1.82) is 0 Å². The number of aromatic nitrogens is 1. The van der Waals surface area contributed by atoms with E-state index in [0.29, 0.717) is 0 Å². The number of hydrogen-bond donors (Lipinski definition) is 0. The third-order valence-corrected chi connectivity index (χ3v) is 5.04. The van der Waals surface area contributed by atoms with Gasteiger partial charge in [0, 0.05) is 12.3 Å². The van der Waals surface area contributed by atoms with Crippen LogP contribution in [0.15, 0.2) is 48.5 Å². The number of rotatable bonds is 1. The summed E-state index contributed by atoms with van der Waals surface area (Å²) in [5, 5.41) is 1.03. The van der Waals surface area contributed by atoms with E-state index in [1.54, 1.807) is 6.92 Å². The maximum atomic E-state index is 12.2. The molecule has 0 amide bonds. The lowest BCUT2D eigenvalue weighted by Crippen LogP contribution is -2.34. The van der Waals surface area contributed by atoms with Crippen LogP contribution in [-0.4, -0.2) is 10.5 Å². The predicted molar refractivity (Wildman–Crippen MR) is 95.7 cm³/mol. The molecule has 0 bridgehead atoms. The molecule has 0 aliphatic carbocycles. The zero-order valence-electron chi connectivity index (χ0n) is 14.3. The first-order valence-electron chi connectivity index (χ1n) is 8.39. The lowest BCUT2D eigenvalue weighted by molar-refractivity contribution is 0.0619. The summed E-state index contributed by atoms with van der Waals surface area (Å²) in [6.45, 7) is 5.82. The van der Waals surface area contributed by atoms with Gasteiger partial charge in [-0.3, -0.25) is 9.36 Å². The highest BCUT2D eigenvalue weighted by Crippen LogP contribution is 2.45. The predicted octanol–water partition coefficient (Wildman–Crippen LogP) is 4.85. The van der Waals surface area contributed by atoms with E-state index in [2.05, 4.69) is 32.0 Å². The van der Waals surface area contributed by atoms with Gasteiger partial charge in [-0.1, -0.05) is 42.0 Å². The van der Waals surface area contributed by atoms with Crippen LogP contribution < -0.4 is 4.74 Å². The summed E-state index contributed by atoms with van der Waals surface area (Å²) in [6, 6.07) is 16.5. The van der Waals surface area contributed by atoms with Crippen LogP contribution in [0.4, 0.5) is 0 Å². The van der Waals surface area contributed by atoms with Crippen molar-refractivity contribution < 1.29 is 9.53 Å². The molecule has 4 rings (SSSR count). The number of carbonyl (C=O) groups excluding carboxylic acids is 1. The second-order valence-corrected chi connectivity index (χ2v) is 6.85. The lowest BCUT2D eigenvalue weighted by Gasteiger charge is -2.35. The van der Waals surface area contributed by atoms with Crippen molar-refractivity contribution in [3.8, 4) is 5.75 Å². The van der Waals surface area contributed by atoms with Gasteiger partial charge >= 0.3 is 0 Å². The van der Waals surface area contributed by atoms with Gasteiger partial charge in [-0.15, -0.1) is 0 Å². The molecule has 3 aromatic rings. The van der Waals surface area contributed by atoms with Gasteiger partial charge in [0.1, 0.15) is 11.4 Å². The fourth-order valence-corrected chi connectivity index (χ4v) is 3.76. The Bertz CT molecular complexity index is 939. The van der Waals surface area contributed by atoms with Crippen molar-refractivity contribution in [1.82, 2.24) is 4.57 Å². The average molecular weight is 319 g/mol. The summed E-state index contributed by atoms with van der Waals surface area (Å²) >= 11 is 0. The van der Waals surface area contributed by atoms with Crippen molar-refractivity contribution in [2.45, 2.75) is 39.2 Å². The number of fused-ring (bicyclic) bond motifs is 3. The van der Waals surface area contributed by atoms with Crippen LogP contribution in [0.5, 0.6) is 5.75 Å². The first-order chi connectivity index (χ1) is 11.5. The Kier molecular flexibility index (Phi) is 3.27. The second-order valence-electron chi connectivity index (χ2n) is 6.85. The Morgan fingerprint density at radius 2 is 1.92 bits per heavy atom. The fraction of sp³-hybridized carbons (Fsp3) is 0.286. The van der Waals surface area contributed by atoms with Crippen LogP contribution in [0, 0.1) is 6.92 Å². The molecule has 1 aliphatic heterocycles.